The number of esters is 1. The number of nitrogens with one attached hydrogen (secondary N) is 2. The van der Waals surface area contributed by atoms with Gasteiger partial charge in [0, 0.05) is 5.56 Å². The summed E-state index contributed by atoms with van der Waals surface area (Å²) in [6.07, 6.45) is 0. The van der Waals surface area contributed by atoms with Gasteiger partial charge in [0.25, 0.3) is 11.8 Å². The summed E-state index contributed by atoms with van der Waals surface area (Å²) in [5.41, 5.74) is 0.603. The highest BCUT2D eigenvalue weighted by molar-refractivity contribution is 5.97. The lowest BCUT2D eigenvalue weighted by Gasteiger charge is -2.21. The third kappa shape index (κ3) is 6.53. The van der Waals surface area contributed by atoms with Gasteiger partial charge < -0.3 is 20.1 Å². The molecule has 8 heteroatoms. The summed E-state index contributed by atoms with van der Waals surface area (Å²) in [6.45, 7) is 4.68. The van der Waals surface area contributed by atoms with Crippen LogP contribution >= 0.6 is 0 Å². The van der Waals surface area contributed by atoms with E-state index in [1.165, 1.54) is 25.3 Å². The van der Waals surface area contributed by atoms with Crippen LogP contribution in [0.1, 0.15) is 42.7 Å². The highest BCUT2D eigenvalue weighted by Crippen LogP contribution is 2.24. The van der Waals surface area contributed by atoms with Crippen molar-refractivity contribution < 1.29 is 28.2 Å². The normalized spacial score (nSPS) is 12.6. The number of ether oxygens (including phenoxy) is 2. The second kappa shape index (κ2) is 11.1. The van der Waals surface area contributed by atoms with Crippen LogP contribution in [0.2, 0.25) is 0 Å². The number of rotatable bonds is 9. The molecule has 0 aromatic heterocycles. The molecule has 0 radical (unpaired) electrons. The van der Waals surface area contributed by atoms with Crippen LogP contribution in [0.15, 0.2) is 48.5 Å². The lowest BCUT2D eigenvalue weighted by atomic mass is 10.0. The topological polar surface area (TPSA) is 93.7 Å². The molecule has 0 aliphatic heterocycles. The van der Waals surface area contributed by atoms with Gasteiger partial charge in [-0.25, -0.2) is 9.18 Å². The Kier molecular flexibility index (Phi) is 8.54. The van der Waals surface area contributed by atoms with Gasteiger partial charge in [-0.1, -0.05) is 44.2 Å². The highest BCUT2D eigenvalue weighted by atomic mass is 19.1. The van der Waals surface area contributed by atoms with E-state index >= 15 is 0 Å². The third-order valence-electron chi connectivity index (χ3n) is 4.65. The minimum atomic E-state index is -1.04. The lowest BCUT2D eigenvalue weighted by molar-refractivity contribution is -0.151. The van der Waals surface area contributed by atoms with E-state index in [1.807, 2.05) is 18.2 Å². The second-order valence-corrected chi connectivity index (χ2v) is 7.31. The number of hydrogen-bond donors (Lipinski definition) is 2. The molecule has 0 bridgehead atoms. The average Bonchev–Trinajstić information content (AvgIpc) is 2.75. The second-order valence-electron chi connectivity index (χ2n) is 7.31. The molecule has 0 fully saturated rings. The average molecular weight is 430 g/mol. The summed E-state index contributed by atoms with van der Waals surface area (Å²) in [7, 11) is 1.54. The lowest BCUT2D eigenvalue weighted by Crippen LogP contribution is -2.46. The van der Waals surface area contributed by atoms with Crippen LogP contribution in [-0.4, -0.2) is 37.5 Å². The zero-order valence-electron chi connectivity index (χ0n) is 18.0. The number of methoxy groups -OCH3 is 1. The first-order valence-corrected chi connectivity index (χ1v) is 9.88. The quantitative estimate of drug-likeness (QED) is 0.597. The van der Waals surface area contributed by atoms with Gasteiger partial charge in [-0.05, 0) is 31.0 Å². The molecule has 2 aromatic carbocycles. The van der Waals surface area contributed by atoms with E-state index < -0.39 is 36.2 Å². The van der Waals surface area contributed by atoms with Crippen molar-refractivity contribution in [2.24, 2.45) is 5.92 Å². The smallest absolute Gasteiger partial charge is 0.329 e. The Morgan fingerprint density at radius 3 is 2.26 bits per heavy atom. The molecule has 2 atom stereocenters. The van der Waals surface area contributed by atoms with Crippen LogP contribution in [0.5, 0.6) is 5.75 Å². The van der Waals surface area contributed by atoms with Crippen LogP contribution in [0.25, 0.3) is 0 Å². The monoisotopic (exact) mass is 430 g/mol. The van der Waals surface area contributed by atoms with Gasteiger partial charge in [-0.15, -0.1) is 0 Å². The molecule has 0 saturated heterocycles. The zero-order chi connectivity index (χ0) is 23.0. The predicted octanol–water partition coefficient (Wildman–Crippen LogP) is 3.01. The fourth-order valence-corrected chi connectivity index (χ4v) is 2.97. The summed E-state index contributed by atoms with van der Waals surface area (Å²) in [4.78, 5) is 37.0. The van der Waals surface area contributed by atoms with E-state index in [0.717, 1.165) is 11.6 Å². The summed E-state index contributed by atoms with van der Waals surface area (Å²) in [5, 5.41) is 5.21. The molecule has 0 saturated carbocycles. The molecular formula is C23H27FN2O5. The first kappa shape index (κ1) is 23.9. The predicted molar refractivity (Wildman–Crippen MR) is 113 cm³/mol. The van der Waals surface area contributed by atoms with Crippen LogP contribution in [0, 0.1) is 11.7 Å². The van der Waals surface area contributed by atoms with E-state index in [0.29, 0.717) is 5.75 Å². The van der Waals surface area contributed by atoms with Crippen molar-refractivity contribution in [2.45, 2.75) is 32.9 Å². The largest absolute Gasteiger partial charge is 0.496 e. The Morgan fingerprint density at radius 2 is 1.61 bits per heavy atom. The van der Waals surface area contributed by atoms with Crippen molar-refractivity contribution >= 4 is 17.8 Å². The van der Waals surface area contributed by atoms with Gasteiger partial charge in [0.05, 0.1) is 18.7 Å². The van der Waals surface area contributed by atoms with Gasteiger partial charge in [-0.3, -0.25) is 9.59 Å². The number of benzene rings is 2. The van der Waals surface area contributed by atoms with Crippen LogP contribution in [0.3, 0.4) is 0 Å². The summed E-state index contributed by atoms with van der Waals surface area (Å²) in [6, 6.07) is 11.3. The van der Waals surface area contributed by atoms with E-state index in [9.17, 15) is 18.8 Å². The fraction of sp³-hybridized carbons (Fsp3) is 0.348. The maximum Gasteiger partial charge on any atom is 0.329 e. The van der Waals surface area contributed by atoms with E-state index in [4.69, 9.17) is 9.47 Å². The minimum Gasteiger partial charge on any atom is -0.496 e. The Bertz CT molecular complexity index is 932. The van der Waals surface area contributed by atoms with E-state index in [1.54, 1.807) is 26.8 Å². The first-order valence-electron chi connectivity index (χ1n) is 9.88. The van der Waals surface area contributed by atoms with Crippen molar-refractivity contribution in [1.82, 2.24) is 10.6 Å². The maximum atomic E-state index is 13.8. The number of carbonyl (C=O) groups is 3. The Morgan fingerprint density at radius 1 is 0.968 bits per heavy atom. The zero-order valence-corrected chi connectivity index (χ0v) is 18.0. The van der Waals surface area contributed by atoms with Crippen molar-refractivity contribution in [3.05, 3.63) is 65.5 Å². The minimum absolute atomic E-state index is 0.177. The van der Waals surface area contributed by atoms with E-state index in [2.05, 4.69) is 10.6 Å². The van der Waals surface area contributed by atoms with Crippen LogP contribution < -0.4 is 15.4 Å². The van der Waals surface area contributed by atoms with Crippen LogP contribution in [0.4, 0.5) is 4.39 Å². The Labute approximate surface area is 180 Å². The third-order valence-corrected chi connectivity index (χ3v) is 4.65. The highest BCUT2D eigenvalue weighted by Gasteiger charge is 2.27. The summed E-state index contributed by atoms with van der Waals surface area (Å²) in [5.74, 6) is -2.42. The molecule has 0 heterocycles. The molecule has 0 spiro atoms. The standard InChI is InChI=1S/C23H27FN2O5/c1-14(2)21(26-22(28)17-10-5-7-11-18(17)24)23(29)31-13-20(27)25-15(3)16-9-6-8-12-19(16)30-4/h5-12,14-15,21H,13H2,1-4H3,(H,25,27)(H,26,28)/t15?,21-/m0/s1. The molecule has 2 N–H and O–H groups in total. The fourth-order valence-electron chi connectivity index (χ4n) is 2.97. The van der Waals surface area contributed by atoms with Crippen LogP contribution in [-0.2, 0) is 14.3 Å². The van der Waals surface area contributed by atoms with E-state index in [-0.39, 0.29) is 17.5 Å². The van der Waals surface area contributed by atoms with Gasteiger partial charge in [-0.2, -0.15) is 0 Å². The molecule has 31 heavy (non-hydrogen) atoms. The number of hydrogen-bond acceptors (Lipinski definition) is 5. The van der Waals surface area contributed by atoms with Gasteiger partial charge in [0.15, 0.2) is 6.61 Å². The molecule has 2 rings (SSSR count). The Hall–Kier alpha value is -3.42. The van der Waals surface area contributed by atoms with Gasteiger partial charge >= 0.3 is 5.97 Å². The first-order chi connectivity index (χ1) is 14.7. The number of carbonyl (C=O) groups excluding carboxylic acids is 3. The molecule has 2 aromatic rings. The molecule has 1 unspecified atom stereocenters. The molecule has 0 aliphatic carbocycles. The number of halogens is 1. The van der Waals surface area contributed by atoms with Crippen molar-refractivity contribution in [3.8, 4) is 5.75 Å². The van der Waals surface area contributed by atoms with Gasteiger partial charge in [0.2, 0.25) is 0 Å². The molecule has 166 valence electrons. The molecule has 0 aliphatic rings. The van der Waals surface area contributed by atoms with Crippen molar-refractivity contribution in [2.75, 3.05) is 13.7 Å². The van der Waals surface area contributed by atoms with Crippen molar-refractivity contribution in [3.63, 3.8) is 0 Å². The summed E-state index contributed by atoms with van der Waals surface area (Å²) >= 11 is 0. The summed E-state index contributed by atoms with van der Waals surface area (Å²) < 4.78 is 24.2. The van der Waals surface area contributed by atoms with Crippen molar-refractivity contribution in [1.29, 1.82) is 0 Å². The molecule has 7 nitrogen and oxygen atoms in total. The number of para-hydroxylation sites is 1. The Balaban J connectivity index is 1.94. The maximum absolute atomic E-state index is 13.8. The molecule has 2 amide bonds. The number of amides is 2. The molecular weight excluding hydrogens is 403 g/mol. The van der Waals surface area contributed by atoms with Gasteiger partial charge in [0.1, 0.15) is 17.6 Å². The SMILES string of the molecule is COc1ccccc1C(C)NC(=O)COC(=O)[C@@H](NC(=O)c1ccccc1F)C(C)C.